The van der Waals surface area contributed by atoms with Crippen molar-refractivity contribution in [3.05, 3.63) is 66.4 Å². The van der Waals surface area contributed by atoms with Crippen LogP contribution in [0.1, 0.15) is 16.4 Å². The van der Waals surface area contributed by atoms with Crippen LogP contribution in [0.5, 0.6) is 0 Å². The number of hydrogen-bond acceptors (Lipinski definition) is 7. The average molecular weight is 347 g/mol. The summed E-state index contributed by atoms with van der Waals surface area (Å²) < 4.78 is 10.2. The Morgan fingerprint density at radius 2 is 1.96 bits per heavy atom. The number of carbonyl (C=O) groups excluding carboxylic acids is 1. The molecule has 0 atom stereocenters. The third-order valence-corrected chi connectivity index (χ3v) is 3.63. The molecule has 3 aromatic heterocycles. The first-order valence-corrected chi connectivity index (χ1v) is 7.79. The van der Waals surface area contributed by atoms with E-state index in [0.29, 0.717) is 28.7 Å². The predicted molar refractivity (Wildman–Crippen MR) is 92.2 cm³/mol. The highest BCUT2D eigenvalue weighted by molar-refractivity contribution is 6.05. The first-order chi connectivity index (χ1) is 12.7. The molecule has 1 N–H and O–H groups in total. The zero-order chi connectivity index (χ0) is 17.9. The lowest BCUT2D eigenvalue weighted by atomic mass is 10.1. The molecule has 3 heterocycles. The monoisotopic (exact) mass is 347 g/mol. The number of nitrogens with zero attached hydrogens (tertiary/aromatic N) is 4. The van der Waals surface area contributed by atoms with E-state index < -0.39 is 5.91 Å². The Hall–Kier alpha value is -3.81. The smallest absolute Gasteiger partial charge is 0.277 e. The molecule has 0 fully saturated rings. The number of hydrogen-bond donors (Lipinski definition) is 1. The summed E-state index contributed by atoms with van der Waals surface area (Å²) in [6.07, 6.45) is 3.29. The Balaban J connectivity index is 1.59. The fourth-order valence-electron chi connectivity index (χ4n) is 2.41. The maximum atomic E-state index is 12.5. The molecule has 0 saturated heterocycles. The van der Waals surface area contributed by atoms with Gasteiger partial charge in [-0.05, 0) is 24.3 Å². The van der Waals surface area contributed by atoms with Crippen LogP contribution in [0.4, 0.5) is 5.69 Å². The van der Waals surface area contributed by atoms with Crippen LogP contribution in [0, 0.1) is 6.92 Å². The van der Waals surface area contributed by atoms with Crippen LogP contribution in [-0.4, -0.2) is 26.2 Å². The van der Waals surface area contributed by atoms with Gasteiger partial charge >= 0.3 is 0 Å². The fraction of sp³-hybridized carbons (Fsp3) is 0.0556. The lowest BCUT2D eigenvalue weighted by Gasteiger charge is -2.06. The zero-order valence-electron chi connectivity index (χ0n) is 13.7. The van der Waals surface area contributed by atoms with E-state index in [-0.39, 0.29) is 5.69 Å². The predicted octanol–water partition coefficient (Wildman–Crippen LogP) is 3.35. The van der Waals surface area contributed by atoms with E-state index in [1.165, 1.54) is 0 Å². The van der Waals surface area contributed by atoms with Crippen LogP contribution in [0.15, 0.2) is 63.9 Å². The van der Waals surface area contributed by atoms with E-state index in [4.69, 9.17) is 9.05 Å². The summed E-state index contributed by atoms with van der Waals surface area (Å²) in [5.74, 6) is 0.898. The Bertz CT molecular complexity index is 1060. The van der Waals surface area contributed by atoms with Crippen molar-refractivity contribution in [1.82, 2.24) is 20.3 Å². The molecule has 0 aliphatic rings. The van der Waals surface area contributed by atoms with Gasteiger partial charge in [-0.25, -0.2) is 0 Å². The fourth-order valence-corrected chi connectivity index (χ4v) is 2.41. The number of para-hydroxylation sites is 1. The summed E-state index contributed by atoms with van der Waals surface area (Å²) >= 11 is 0. The lowest BCUT2D eigenvalue weighted by Crippen LogP contribution is -2.13. The van der Waals surface area contributed by atoms with Crippen LogP contribution in [0.3, 0.4) is 0 Å². The van der Waals surface area contributed by atoms with Crippen LogP contribution >= 0.6 is 0 Å². The summed E-state index contributed by atoms with van der Waals surface area (Å²) in [6.45, 7) is 1.70. The Morgan fingerprint density at radius 3 is 2.73 bits per heavy atom. The number of carbonyl (C=O) groups is 1. The summed E-state index contributed by atoms with van der Waals surface area (Å²) in [5.41, 5.74) is 2.09. The van der Waals surface area contributed by atoms with Crippen LogP contribution < -0.4 is 5.32 Å². The van der Waals surface area contributed by atoms with E-state index in [9.17, 15) is 4.79 Å². The maximum absolute atomic E-state index is 12.5. The molecule has 0 saturated carbocycles. The quantitative estimate of drug-likeness (QED) is 0.603. The molecule has 4 aromatic rings. The second kappa shape index (κ2) is 6.60. The molecule has 4 rings (SSSR count). The van der Waals surface area contributed by atoms with Gasteiger partial charge in [-0.2, -0.15) is 4.98 Å². The van der Waals surface area contributed by atoms with Crippen molar-refractivity contribution >= 4 is 11.6 Å². The molecule has 0 aliphatic carbocycles. The van der Waals surface area contributed by atoms with Crippen molar-refractivity contribution in [3.8, 4) is 22.7 Å². The van der Waals surface area contributed by atoms with E-state index in [0.717, 1.165) is 5.56 Å². The molecule has 26 heavy (non-hydrogen) atoms. The van der Waals surface area contributed by atoms with Gasteiger partial charge < -0.3 is 14.4 Å². The molecule has 0 aliphatic heterocycles. The summed E-state index contributed by atoms with van der Waals surface area (Å²) in [6, 6.07) is 12.3. The van der Waals surface area contributed by atoms with Gasteiger partial charge in [0, 0.05) is 36.5 Å². The first kappa shape index (κ1) is 15.7. The number of benzene rings is 1. The number of pyridine rings is 1. The molecule has 8 nitrogen and oxygen atoms in total. The standard InChI is InChI=1S/C18H13N5O3/c1-11-20-17(23-25-11)13-6-2-3-7-14(13)21-18(24)15-9-16(26-22-15)12-5-4-8-19-10-12/h2-10H,1H3,(H,21,24). The van der Waals surface area contributed by atoms with E-state index in [1.54, 1.807) is 49.6 Å². The lowest BCUT2D eigenvalue weighted by molar-refractivity contribution is 0.101. The van der Waals surface area contributed by atoms with Crippen LogP contribution in [0.2, 0.25) is 0 Å². The van der Waals surface area contributed by atoms with E-state index >= 15 is 0 Å². The summed E-state index contributed by atoms with van der Waals surface area (Å²) in [4.78, 5) is 20.7. The van der Waals surface area contributed by atoms with Crippen molar-refractivity contribution < 1.29 is 13.8 Å². The summed E-state index contributed by atoms with van der Waals surface area (Å²) in [7, 11) is 0. The average Bonchev–Trinajstić information content (AvgIpc) is 3.32. The number of nitrogens with one attached hydrogen (secondary N) is 1. The SMILES string of the molecule is Cc1nc(-c2ccccc2NC(=O)c2cc(-c3cccnc3)on2)no1. The normalized spacial score (nSPS) is 10.7. The molecule has 0 spiro atoms. The van der Waals surface area contributed by atoms with Gasteiger partial charge in [0.15, 0.2) is 11.5 Å². The minimum absolute atomic E-state index is 0.156. The van der Waals surface area contributed by atoms with E-state index in [2.05, 4.69) is 25.6 Å². The van der Waals surface area contributed by atoms with Crippen molar-refractivity contribution in [3.63, 3.8) is 0 Å². The Kier molecular flexibility index (Phi) is 3.98. The van der Waals surface area contributed by atoms with Gasteiger partial charge in [-0.15, -0.1) is 0 Å². The third kappa shape index (κ3) is 3.07. The number of anilines is 1. The van der Waals surface area contributed by atoms with Crippen molar-refractivity contribution in [2.45, 2.75) is 6.92 Å². The highest BCUT2D eigenvalue weighted by Gasteiger charge is 2.17. The van der Waals surface area contributed by atoms with Gasteiger partial charge in [-0.3, -0.25) is 9.78 Å². The molecular formula is C18H13N5O3. The van der Waals surface area contributed by atoms with Gasteiger partial charge in [0.05, 0.1) is 5.69 Å². The number of aryl methyl sites for hydroxylation is 1. The number of rotatable bonds is 4. The zero-order valence-corrected chi connectivity index (χ0v) is 13.7. The van der Waals surface area contributed by atoms with Crippen molar-refractivity contribution in [2.24, 2.45) is 0 Å². The Morgan fingerprint density at radius 1 is 1.08 bits per heavy atom. The summed E-state index contributed by atoms with van der Waals surface area (Å²) in [5, 5.41) is 10.5. The second-order valence-electron chi connectivity index (χ2n) is 5.45. The van der Waals surface area contributed by atoms with Crippen LogP contribution in [0.25, 0.3) is 22.7 Å². The Labute approximate surface area is 147 Å². The molecule has 128 valence electrons. The van der Waals surface area contributed by atoms with Gasteiger partial charge in [-0.1, -0.05) is 22.4 Å². The molecule has 0 radical (unpaired) electrons. The molecule has 8 heteroatoms. The highest BCUT2D eigenvalue weighted by Crippen LogP contribution is 2.26. The maximum Gasteiger partial charge on any atom is 0.277 e. The van der Waals surface area contributed by atoms with Gasteiger partial charge in [0.2, 0.25) is 11.7 Å². The minimum Gasteiger partial charge on any atom is -0.355 e. The van der Waals surface area contributed by atoms with Crippen molar-refractivity contribution in [1.29, 1.82) is 0 Å². The largest absolute Gasteiger partial charge is 0.355 e. The topological polar surface area (TPSA) is 107 Å². The molecule has 0 bridgehead atoms. The van der Waals surface area contributed by atoms with Gasteiger partial charge in [0.1, 0.15) is 0 Å². The highest BCUT2D eigenvalue weighted by atomic mass is 16.5. The molecule has 1 aromatic carbocycles. The van der Waals surface area contributed by atoms with Gasteiger partial charge in [0.25, 0.3) is 5.91 Å². The number of amides is 1. The van der Waals surface area contributed by atoms with Crippen molar-refractivity contribution in [2.75, 3.05) is 5.32 Å². The molecule has 1 amide bonds. The van der Waals surface area contributed by atoms with E-state index in [1.807, 2.05) is 12.1 Å². The first-order valence-electron chi connectivity index (χ1n) is 7.79. The molecule has 0 unspecified atom stereocenters. The van der Waals surface area contributed by atoms with Crippen LogP contribution in [-0.2, 0) is 0 Å². The second-order valence-corrected chi connectivity index (χ2v) is 5.45. The minimum atomic E-state index is -0.406. The third-order valence-electron chi connectivity index (χ3n) is 3.63. The molecular weight excluding hydrogens is 334 g/mol. The number of aromatic nitrogens is 4.